The summed E-state index contributed by atoms with van der Waals surface area (Å²) in [5.41, 5.74) is 3.03. The van der Waals surface area contributed by atoms with Crippen LogP contribution in [0.3, 0.4) is 0 Å². The van der Waals surface area contributed by atoms with Gasteiger partial charge in [-0.25, -0.2) is 0 Å². The van der Waals surface area contributed by atoms with Crippen molar-refractivity contribution in [3.63, 3.8) is 0 Å². The number of benzene rings is 1. The number of para-hydroxylation sites is 1. The van der Waals surface area contributed by atoms with Gasteiger partial charge in [0.2, 0.25) is 0 Å². The molecule has 0 fully saturated rings. The third kappa shape index (κ3) is 2.24. The van der Waals surface area contributed by atoms with Crippen LogP contribution in [0.2, 0.25) is 0 Å². The standard InChI is InChI=1S/C14H16N4O/c1-15-13(7-10-8-18(2)17-16-10)12-9-19-14-6-4-3-5-11(12)14/h3-6,8-9,13,15H,7H2,1-2H3. The maximum Gasteiger partial charge on any atom is 0.134 e. The minimum atomic E-state index is 0.167. The van der Waals surface area contributed by atoms with Crippen molar-refractivity contribution in [3.05, 3.63) is 48.0 Å². The van der Waals surface area contributed by atoms with Gasteiger partial charge in [-0.3, -0.25) is 4.68 Å². The fourth-order valence-electron chi connectivity index (χ4n) is 2.33. The zero-order valence-corrected chi connectivity index (χ0v) is 11.0. The number of aromatic nitrogens is 3. The van der Waals surface area contributed by atoms with E-state index in [2.05, 4.69) is 21.7 Å². The number of hydrogen-bond acceptors (Lipinski definition) is 4. The highest BCUT2D eigenvalue weighted by atomic mass is 16.3. The van der Waals surface area contributed by atoms with Gasteiger partial charge in [0.1, 0.15) is 5.58 Å². The first-order chi connectivity index (χ1) is 9.28. The molecule has 1 unspecified atom stereocenters. The Kier molecular flexibility index (Phi) is 3.05. The van der Waals surface area contributed by atoms with Gasteiger partial charge in [0.15, 0.2) is 0 Å². The molecule has 0 saturated heterocycles. The van der Waals surface area contributed by atoms with Crippen LogP contribution in [0.4, 0.5) is 0 Å². The molecule has 5 nitrogen and oxygen atoms in total. The molecule has 0 aliphatic heterocycles. The minimum absolute atomic E-state index is 0.167. The average molecular weight is 256 g/mol. The smallest absolute Gasteiger partial charge is 0.134 e. The minimum Gasteiger partial charge on any atom is -0.464 e. The number of fused-ring (bicyclic) bond motifs is 1. The van der Waals surface area contributed by atoms with E-state index in [1.807, 2.05) is 44.8 Å². The molecule has 0 spiro atoms. The maximum atomic E-state index is 5.59. The van der Waals surface area contributed by atoms with Crippen LogP contribution in [-0.4, -0.2) is 22.0 Å². The summed E-state index contributed by atoms with van der Waals surface area (Å²) >= 11 is 0. The molecule has 2 aromatic heterocycles. The second-order valence-corrected chi connectivity index (χ2v) is 4.62. The van der Waals surface area contributed by atoms with Gasteiger partial charge >= 0.3 is 0 Å². The van der Waals surface area contributed by atoms with Gasteiger partial charge in [0.05, 0.1) is 12.0 Å². The Morgan fingerprint density at radius 2 is 2.21 bits per heavy atom. The Morgan fingerprint density at radius 3 is 2.95 bits per heavy atom. The summed E-state index contributed by atoms with van der Waals surface area (Å²) in [5.74, 6) is 0. The van der Waals surface area contributed by atoms with Crippen LogP contribution in [0.1, 0.15) is 17.3 Å². The van der Waals surface area contributed by atoms with Crippen molar-refractivity contribution in [3.8, 4) is 0 Å². The third-order valence-corrected chi connectivity index (χ3v) is 3.30. The van der Waals surface area contributed by atoms with E-state index in [4.69, 9.17) is 4.42 Å². The molecule has 1 aromatic carbocycles. The van der Waals surface area contributed by atoms with E-state index < -0.39 is 0 Å². The van der Waals surface area contributed by atoms with Gasteiger partial charge in [-0.15, -0.1) is 5.10 Å². The average Bonchev–Trinajstić information content (AvgIpc) is 3.02. The van der Waals surface area contributed by atoms with Crippen LogP contribution in [0.15, 0.2) is 41.1 Å². The van der Waals surface area contributed by atoms with Crippen LogP contribution < -0.4 is 5.32 Å². The van der Waals surface area contributed by atoms with Crippen molar-refractivity contribution >= 4 is 11.0 Å². The Morgan fingerprint density at radius 1 is 1.37 bits per heavy atom. The molecule has 5 heteroatoms. The normalized spacial score (nSPS) is 12.9. The van der Waals surface area contributed by atoms with E-state index in [1.165, 1.54) is 0 Å². The van der Waals surface area contributed by atoms with Gasteiger partial charge in [0, 0.05) is 36.7 Å². The van der Waals surface area contributed by atoms with Crippen molar-refractivity contribution in [2.45, 2.75) is 12.5 Å². The van der Waals surface area contributed by atoms with Crippen LogP contribution >= 0.6 is 0 Å². The number of nitrogens with one attached hydrogen (secondary N) is 1. The lowest BCUT2D eigenvalue weighted by Crippen LogP contribution is -2.18. The largest absolute Gasteiger partial charge is 0.464 e. The summed E-state index contributed by atoms with van der Waals surface area (Å²) < 4.78 is 7.31. The highest BCUT2D eigenvalue weighted by Crippen LogP contribution is 2.27. The highest BCUT2D eigenvalue weighted by molar-refractivity contribution is 5.81. The van der Waals surface area contributed by atoms with Crippen molar-refractivity contribution in [2.24, 2.45) is 7.05 Å². The molecule has 0 bridgehead atoms. The lowest BCUT2D eigenvalue weighted by atomic mass is 10.0. The first-order valence-electron chi connectivity index (χ1n) is 6.26. The van der Waals surface area contributed by atoms with Gasteiger partial charge in [-0.05, 0) is 13.1 Å². The number of likely N-dealkylation sites (N-methyl/N-ethyl adjacent to an activating group) is 1. The Labute approximate surface area is 111 Å². The van der Waals surface area contributed by atoms with E-state index >= 15 is 0 Å². The van der Waals surface area contributed by atoms with Crippen LogP contribution in [0.5, 0.6) is 0 Å². The molecule has 1 N–H and O–H groups in total. The molecule has 0 saturated carbocycles. The Hall–Kier alpha value is -2.14. The Bertz CT molecular complexity index is 685. The SMILES string of the molecule is CNC(Cc1cn(C)nn1)c1coc2ccccc12. The molecule has 1 atom stereocenters. The highest BCUT2D eigenvalue weighted by Gasteiger charge is 2.17. The van der Waals surface area contributed by atoms with E-state index in [0.717, 1.165) is 28.6 Å². The number of nitrogens with zero attached hydrogens (tertiary/aromatic N) is 3. The third-order valence-electron chi connectivity index (χ3n) is 3.30. The van der Waals surface area contributed by atoms with Crippen molar-refractivity contribution in [2.75, 3.05) is 7.05 Å². The summed E-state index contributed by atoms with van der Waals surface area (Å²) in [4.78, 5) is 0. The summed E-state index contributed by atoms with van der Waals surface area (Å²) in [6.07, 6.45) is 4.54. The summed E-state index contributed by atoms with van der Waals surface area (Å²) in [5, 5.41) is 12.6. The quantitative estimate of drug-likeness (QED) is 0.776. The molecule has 98 valence electrons. The van der Waals surface area contributed by atoms with Crippen molar-refractivity contribution in [1.29, 1.82) is 0 Å². The van der Waals surface area contributed by atoms with Gasteiger partial charge in [-0.2, -0.15) is 0 Å². The van der Waals surface area contributed by atoms with Crippen LogP contribution in [0.25, 0.3) is 11.0 Å². The number of aryl methyl sites for hydroxylation is 1. The van der Waals surface area contributed by atoms with Gasteiger partial charge < -0.3 is 9.73 Å². The predicted octanol–water partition coefficient (Wildman–Crippen LogP) is 2.06. The molecular formula is C14H16N4O. The zero-order chi connectivity index (χ0) is 13.2. The second-order valence-electron chi connectivity index (χ2n) is 4.62. The first kappa shape index (κ1) is 11.9. The molecule has 0 radical (unpaired) electrons. The van der Waals surface area contributed by atoms with E-state index in [1.54, 1.807) is 4.68 Å². The second kappa shape index (κ2) is 4.85. The summed E-state index contributed by atoms with van der Waals surface area (Å²) in [7, 11) is 3.82. The van der Waals surface area contributed by atoms with Crippen LogP contribution in [0, 0.1) is 0 Å². The predicted molar refractivity (Wildman–Crippen MR) is 72.7 cm³/mol. The lowest BCUT2D eigenvalue weighted by Gasteiger charge is -2.13. The number of hydrogen-bond donors (Lipinski definition) is 1. The van der Waals surface area contributed by atoms with E-state index in [9.17, 15) is 0 Å². The van der Waals surface area contributed by atoms with Crippen molar-refractivity contribution in [1.82, 2.24) is 20.3 Å². The van der Waals surface area contributed by atoms with E-state index in [-0.39, 0.29) is 6.04 Å². The first-order valence-corrected chi connectivity index (χ1v) is 6.26. The molecule has 0 amide bonds. The lowest BCUT2D eigenvalue weighted by molar-refractivity contribution is 0.558. The fraction of sp³-hybridized carbons (Fsp3) is 0.286. The molecule has 0 aliphatic rings. The molecule has 0 aliphatic carbocycles. The monoisotopic (exact) mass is 256 g/mol. The summed E-state index contributed by atoms with van der Waals surface area (Å²) in [6, 6.07) is 8.23. The Balaban J connectivity index is 1.93. The van der Waals surface area contributed by atoms with Gasteiger partial charge in [-0.1, -0.05) is 23.4 Å². The molecular weight excluding hydrogens is 240 g/mol. The topological polar surface area (TPSA) is 55.9 Å². The number of rotatable bonds is 4. The van der Waals surface area contributed by atoms with Gasteiger partial charge in [0.25, 0.3) is 0 Å². The fourth-order valence-corrected chi connectivity index (χ4v) is 2.33. The molecule has 3 aromatic rings. The molecule has 2 heterocycles. The summed E-state index contributed by atoms with van der Waals surface area (Å²) in [6.45, 7) is 0. The zero-order valence-electron chi connectivity index (χ0n) is 11.0. The van der Waals surface area contributed by atoms with Crippen LogP contribution in [-0.2, 0) is 13.5 Å². The van der Waals surface area contributed by atoms with E-state index in [0.29, 0.717) is 0 Å². The van der Waals surface area contributed by atoms with Crippen molar-refractivity contribution < 1.29 is 4.42 Å². The molecule has 3 rings (SSSR count). The molecule has 19 heavy (non-hydrogen) atoms. The maximum absolute atomic E-state index is 5.59. The number of furan rings is 1.